The summed E-state index contributed by atoms with van der Waals surface area (Å²) in [4.78, 5) is 11.9. The summed E-state index contributed by atoms with van der Waals surface area (Å²) in [6, 6.07) is 0.220. The summed E-state index contributed by atoms with van der Waals surface area (Å²) in [5, 5.41) is 3.03. The van der Waals surface area contributed by atoms with Crippen molar-refractivity contribution in [1.29, 1.82) is 0 Å². The molecule has 1 N–H and O–H groups in total. The smallest absolute Gasteiger partial charge is 0.407 e. The molecule has 3 atom stereocenters. The lowest BCUT2D eigenvalue weighted by atomic mass is 9.94. The monoisotopic (exact) mass is 325 g/mol. The number of fused-ring (bicyclic) bond motifs is 1. The molecule has 1 saturated heterocycles. The Kier molecular flexibility index (Phi) is 4.16. The molecule has 0 aromatic heterocycles. The number of hydrogen-bond acceptors (Lipinski definition) is 4. The van der Waals surface area contributed by atoms with Crippen LogP contribution in [0.1, 0.15) is 60.3 Å². The van der Waals surface area contributed by atoms with Crippen LogP contribution < -0.4 is 5.32 Å². The van der Waals surface area contributed by atoms with Gasteiger partial charge in [-0.25, -0.2) is 4.79 Å². The predicted octanol–water partition coefficient (Wildman–Crippen LogP) is 3.47. The second-order valence-corrected chi connectivity index (χ2v) is 9.40. The Labute approximate surface area is 139 Å². The van der Waals surface area contributed by atoms with Gasteiger partial charge in [0.25, 0.3) is 0 Å². The van der Waals surface area contributed by atoms with E-state index in [1.165, 1.54) is 0 Å². The van der Waals surface area contributed by atoms with E-state index >= 15 is 0 Å². The van der Waals surface area contributed by atoms with Crippen LogP contribution in [0.15, 0.2) is 0 Å². The molecule has 0 aromatic rings. The lowest BCUT2D eigenvalue weighted by molar-refractivity contribution is -0.297. The number of amides is 1. The number of carbonyl (C=O) groups excluding carboxylic acids is 1. The van der Waals surface area contributed by atoms with Crippen molar-refractivity contribution in [3.05, 3.63) is 0 Å². The summed E-state index contributed by atoms with van der Waals surface area (Å²) in [6.45, 7) is 11.6. The maximum atomic E-state index is 11.9. The second kappa shape index (κ2) is 5.62. The van der Waals surface area contributed by atoms with Crippen molar-refractivity contribution in [3.8, 4) is 0 Å². The third-order valence-corrected chi connectivity index (χ3v) is 5.16. The molecule has 2 aliphatic carbocycles. The van der Waals surface area contributed by atoms with Gasteiger partial charge in [-0.05, 0) is 45.4 Å². The van der Waals surface area contributed by atoms with Crippen molar-refractivity contribution in [2.75, 3.05) is 13.2 Å². The van der Waals surface area contributed by atoms with Gasteiger partial charge in [-0.2, -0.15) is 0 Å². The predicted molar refractivity (Wildman–Crippen MR) is 87.0 cm³/mol. The summed E-state index contributed by atoms with van der Waals surface area (Å²) >= 11 is 0. The molecule has 3 aliphatic rings. The van der Waals surface area contributed by atoms with Crippen molar-refractivity contribution in [3.63, 3.8) is 0 Å². The second-order valence-electron chi connectivity index (χ2n) is 9.40. The van der Waals surface area contributed by atoms with Crippen LogP contribution in [0.2, 0.25) is 0 Å². The van der Waals surface area contributed by atoms with Crippen LogP contribution in [0.4, 0.5) is 4.79 Å². The van der Waals surface area contributed by atoms with Gasteiger partial charge in [0.05, 0.1) is 13.2 Å². The van der Waals surface area contributed by atoms with Gasteiger partial charge in [0, 0.05) is 24.3 Å². The first kappa shape index (κ1) is 17.0. The quantitative estimate of drug-likeness (QED) is 0.802. The number of rotatable bonds is 1. The van der Waals surface area contributed by atoms with E-state index in [0.717, 1.165) is 38.9 Å². The average Bonchev–Trinajstić information content (AvgIpc) is 2.86. The van der Waals surface area contributed by atoms with E-state index in [1.54, 1.807) is 0 Å². The first-order valence-electron chi connectivity index (χ1n) is 8.83. The number of alkyl carbamates (subject to hydrolysis) is 1. The Morgan fingerprint density at radius 2 is 1.61 bits per heavy atom. The molecule has 3 fully saturated rings. The lowest BCUT2D eigenvalue weighted by Crippen LogP contribution is -2.46. The standard InChI is InChI=1S/C18H31NO4/c1-16(2,3)23-15(20)19-14-6-12-8-18(9-13(12)7-14)21-10-17(4,5)11-22-18/h12-14H,6-11H2,1-5H3,(H,19,20)/t12-,13+,14?. The highest BCUT2D eigenvalue weighted by Gasteiger charge is 2.53. The molecule has 1 spiro atoms. The van der Waals surface area contributed by atoms with Crippen molar-refractivity contribution >= 4 is 6.09 Å². The SMILES string of the molecule is CC1(C)COC2(C[C@H]3CC(NC(=O)OC(C)(C)C)C[C@H]3C2)OC1. The molecule has 1 unspecified atom stereocenters. The van der Waals surface area contributed by atoms with Crippen LogP contribution in [0, 0.1) is 17.3 Å². The number of hydrogen-bond donors (Lipinski definition) is 1. The number of ether oxygens (including phenoxy) is 3. The van der Waals surface area contributed by atoms with Gasteiger partial charge in [0.1, 0.15) is 5.60 Å². The molecule has 132 valence electrons. The third kappa shape index (κ3) is 4.00. The van der Waals surface area contributed by atoms with Crippen LogP contribution in [0.5, 0.6) is 0 Å². The molecule has 1 heterocycles. The van der Waals surface area contributed by atoms with Crippen LogP contribution in [0.25, 0.3) is 0 Å². The number of nitrogens with one attached hydrogen (secondary N) is 1. The van der Waals surface area contributed by atoms with Crippen molar-refractivity contribution in [2.24, 2.45) is 17.3 Å². The average molecular weight is 325 g/mol. The normalized spacial score (nSPS) is 35.1. The Morgan fingerprint density at radius 1 is 1.09 bits per heavy atom. The molecule has 0 radical (unpaired) electrons. The molecule has 1 amide bonds. The highest BCUT2D eigenvalue weighted by molar-refractivity contribution is 5.68. The Morgan fingerprint density at radius 3 is 2.09 bits per heavy atom. The van der Waals surface area contributed by atoms with Crippen molar-refractivity contribution in [1.82, 2.24) is 5.32 Å². The first-order chi connectivity index (χ1) is 10.6. The third-order valence-electron chi connectivity index (χ3n) is 5.16. The molecule has 0 aromatic carbocycles. The van der Waals surface area contributed by atoms with Crippen LogP contribution in [-0.2, 0) is 14.2 Å². The van der Waals surface area contributed by atoms with Crippen molar-refractivity contribution < 1.29 is 19.0 Å². The fourth-order valence-corrected chi connectivity index (χ4v) is 4.16. The van der Waals surface area contributed by atoms with Gasteiger partial charge in [0.15, 0.2) is 5.79 Å². The highest BCUT2D eigenvalue weighted by Crippen LogP contribution is 2.52. The molecule has 2 saturated carbocycles. The first-order valence-corrected chi connectivity index (χ1v) is 8.83. The topological polar surface area (TPSA) is 56.8 Å². The number of carbonyl (C=O) groups is 1. The van der Waals surface area contributed by atoms with Gasteiger partial charge in [0.2, 0.25) is 0 Å². The van der Waals surface area contributed by atoms with E-state index in [2.05, 4.69) is 19.2 Å². The largest absolute Gasteiger partial charge is 0.444 e. The van der Waals surface area contributed by atoms with E-state index < -0.39 is 5.60 Å². The Balaban J connectivity index is 1.49. The summed E-state index contributed by atoms with van der Waals surface area (Å²) in [5.41, 5.74) is -0.330. The molecule has 1 aliphatic heterocycles. The zero-order valence-electron chi connectivity index (χ0n) is 15.1. The van der Waals surface area contributed by atoms with Gasteiger partial charge >= 0.3 is 6.09 Å². The fourth-order valence-electron chi connectivity index (χ4n) is 4.16. The van der Waals surface area contributed by atoms with Crippen molar-refractivity contribution in [2.45, 2.75) is 77.7 Å². The van der Waals surface area contributed by atoms with Crippen LogP contribution in [0.3, 0.4) is 0 Å². The van der Waals surface area contributed by atoms with Gasteiger partial charge in [-0.1, -0.05) is 13.8 Å². The lowest BCUT2D eigenvalue weighted by Gasteiger charge is -2.42. The minimum absolute atomic E-state index is 0.115. The van der Waals surface area contributed by atoms with Crippen LogP contribution >= 0.6 is 0 Å². The summed E-state index contributed by atoms with van der Waals surface area (Å²) < 4.78 is 17.6. The molecule has 0 bridgehead atoms. The van der Waals surface area contributed by atoms with Crippen LogP contribution in [-0.4, -0.2) is 36.7 Å². The minimum Gasteiger partial charge on any atom is -0.444 e. The van der Waals surface area contributed by atoms with Gasteiger partial charge in [-0.3, -0.25) is 0 Å². The Bertz CT molecular complexity index is 442. The molecular formula is C18H31NO4. The molecule has 23 heavy (non-hydrogen) atoms. The fraction of sp³-hybridized carbons (Fsp3) is 0.944. The van der Waals surface area contributed by atoms with Gasteiger partial charge in [-0.15, -0.1) is 0 Å². The van der Waals surface area contributed by atoms with Gasteiger partial charge < -0.3 is 19.5 Å². The van der Waals surface area contributed by atoms with E-state index in [-0.39, 0.29) is 23.3 Å². The van der Waals surface area contributed by atoms with E-state index in [0.29, 0.717) is 11.8 Å². The molecule has 5 nitrogen and oxygen atoms in total. The van der Waals surface area contributed by atoms with E-state index in [1.807, 2.05) is 20.8 Å². The minimum atomic E-state index is -0.445. The van der Waals surface area contributed by atoms with E-state index in [9.17, 15) is 4.79 Å². The molecule has 5 heteroatoms. The van der Waals surface area contributed by atoms with E-state index in [4.69, 9.17) is 14.2 Å². The highest BCUT2D eigenvalue weighted by atomic mass is 16.7. The molecule has 3 rings (SSSR count). The maximum absolute atomic E-state index is 11.9. The zero-order chi connectivity index (χ0) is 16.9. The zero-order valence-corrected chi connectivity index (χ0v) is 15.1. The Hall–Kier alpha value is -0.810. The summed E-state index contributed by atoms with van der Waals surface area (Å²) in [6.07, 6.45) is 3.62. The summed E-state index contributed by atoms with van der Waals surface area (Å²) in [7, 11) is 0. The maximum Gasteiger partial charge on any atom is 0.407 e. The summed E-state index contributed by atoms with van der Waals surface area (Å²) in [5.74, 6) is 0.800. The molecular weight excluding hydrogens is 294 g/mol.